The fraction of sp³-hybridized carbons (Fsp3) is 0.250. The maximum atomic E-state index is 12.4. The van der Waals surface area contributed by atoms with Crippen LogP contribution in [0, 0.1) is 0 Å². The first kappa shape index (κ1) is 12.8. The lowest BCUT2D eigenvalue weighted by atomic mass is 9.95. The standard InChI is InChI=1S/C16H17N3O/c17-14-11-19(16(20)15-8-4-5-9-18-15)10-13(14)12-6-2-1-3-7-12/h1-9,13-14H,10-11,17H2/t13-,14+/m0/s1. The first-order chi connectivity index (χ1) is 9.75. The van der Waals surface area contributed by atoms with Gasteiger partial charge in [-0.2, -0.15) is 0 Å². The Morgan fingerprint density at radius 3 is 2.55 bits per heavy atom. The highest BCUT2D eigenvalue weighted by atomic mass is 16.2. The lowest BCUT2D eigenvalue weighted by Crippen LogP contribution is -2.32. The molecule has 1 amide bonds. The Kier molecular flexibility index (Phi) is 3.48. The van der Waals surface area contributed by atoms with Crippen LogP contribution in [0.3, 0.4) is 0 Å². The number of nitrogens with zero attached hydrogens (tertiary/aromatic N) is 2. The van der Waals surface area contributed by atoms with Crippen LogP contribution in [-0.2, 0) is 0 Å². The fourth-order valence-corrected chi connectivity index (χ4v) is 2.70. The predicted octanol–water partition coefficient (Wildman–Crippen LogP) is 1.65. The molecular weight excluding hydrogens is 250 g/mol. The van der Waals surface area contributed by atoms with E-state index >= 15 is 0 Å². The van der Waals surface area contributed by atoms with Gasteiger partial charge in [0.1, 0.15) is 5.69 Å². The van der Waals surface area contributed by atoms with Crippen LogP contribution in [0.25, 0.3) is 0 Å². The van der Waals surface area contributed by atoms with Gasteiger partial charge in [0.25, 0.3) is 5.91 Å². The topological polar surface area (TPSA) is 59.2 Å². The Hall–Kier alpha value is -2.20. The molecule has 1 aliphatic rings. The number of likely N-dealkylation sites (tertiary alicyclic amines) is 1. The van der Waals surface area contributed by atoms with Crippen molar-refractivity contribution in [3.05, 3.63) is 66.0 Å². The van der Waals surface area contributed by atoms with Crippen molar-refractivity contribution in [1.29, 1.82) is 0 Å². The minimum atomic E-state index is -0.0421. The maximum Gasteiger partial charge on any atom is 0.272 e. The van der Waals surface area contributed by atoms with Gasteiger partial charge in [0.15, 0.2) is 0 Å². The molecule has 0 radical (unpaired) electrons. The smallest absolute Gasteiger partial charge is 0.272 e. The molecule has 2 N–H and O–H groups in total. The molecule has 0 bridgehead atoms. The van der Waals surface area contributed by atoms with Crippen LogP contribution >= 0.6 is 0 Å². The van der Waals surface area contributed by atoms with Crippen LogP contribution in [0.1, 0.15) is 22.0 Å². The molecule has 1 fully saturated rings. The summed E-state index contributed by atoms with van der Waals surface area (Å²) in [4.78, 5) is 18.3. The number of amides is 1. The highest BCUT2D eigenvalue weighted by molar-refractivity contribution is 5.92. The summed E-state index contributed by atoms with van der Waals surface area (Å²) in [5.41, 5.74) is 7.87. The third-order valence-corrected chi connectivity index (χ3v) is 3.76. The van der Waals surface area contributed by atoms with Gasteiger partial charge in [-0.25, -0.2) is 0 Å². The Balaban J connectivity index is 1.77. The SMILES string of the molecule is N[C@@H]1CN(C(=O)c2ccccn2)C[C@H]1c1ccccc1. The maximum absolute atomic E-state index is 12.4. The minimum Gasteiger partial charge on any atom is -0.335 e. The van der Waals surface area contributed by atoms with Crippen LogP contribution in [0.5, 0.6) is 0 Å². The zero-order valence-corrected chi connectivity index (χ0v) is 11.1. The third-order valence-electron chi connectivity index (χ3n) is 3.76. The molecule has 102 valence electrons. The highest BCUT2D eigenvalue weighted by Crippen LogP contribution is 2.27. The summed E-state index contributed by atoms with van der Waals surface area (Å²) in [6, 6.07) is 15.5. The Labute approximate surface area is 118 Å². The van der Waals surface area contributed by atoms with E-state index in [1.54, 1.807) is 23.2 Å². The molecule has 4 heteroatoms. The summed E-state index contributed by atoms with van der Waals surface area (Å²) >= 11 is 0. The molecule has 1 aliphatic heterocycles. The molecule has 0 aliphatic carbocycles. The van der Waals surface area contributed by atoms with Crippen molar-refractivity contribution in [2.24, 2.45) is 5.73 Å². The van der Waals surface area contributed by atoms with Crippen molar-refractivity contribution in [3.63, 3.8) is 0 Å². The molecule has 0 spiro atoms. The number of rotatable bonds is 2. The molecule has 1 aromatic carbocycles. The molecule has 2 aromatic rings. The van der Waals surface area contributed by atoms with Crippen molar-refractivity contribution in [2.75, 3.05) is 13.1 Å². The van der Waals surface area contributed by atoms with Crippen LogP contribution in [0.15, 0.2) is 54.7 Å². The second kappa shape index (κ2) is 5.43. The van der Waals surface area contributed by atoms with Gasteiger partial charge in [-0.05, 0) is 17.7 Å². The van der Waals surface area contributed by atoms with E-state index in [9.17, 15) is 4.79 Å². The first-order valence-electron chi connectivity index (χ1n) is 6.76. The Morgan fingerprint density at radius 2 is 1.85 bits per heavy atom. The molecule has 3 rings (SSSR count). The molecular formula is C16H17N3O. The Bertz CT molecular complexity index is 585. The number of benzene rings is 1. The molecule has 0 unspecified atom stereocenters. The largest absolute Gasteiger partial charge is 0.335 e. The number of carbonyl (C=O) groups is 1. The van der Waals surface area contributed by atoms with Crippen molar-refractivity contribution >= 4 is 5.91 Å². The number of aromatic nitrogens is 1. The normalized spacial score (nSPS) is 21.9. The van der Waals surface area contributed by atoms with Crippen LogP contribution < -0.4 is 5.73 Å². The van der Waals surface area contributed by atoms with E-state index in [2.05, 4.69) is 17.1 Å². The van der Waals surface area contributed by atoms with Crippen LogP contribution in [0.4, 0.5) is 0 Å². The van der Waals surface area contributed by atoms with Gasteiger partial charge >= 0.3 is 0 Å². The summed E-state index contributed by atoms with van der Waals surface area (Å²) in [5, 5.41) is 0. The first-order valence-corrected chi connectivity index (χ1v) is 6.76. The van der Waals surface area contributed by atoms with Crippen LogP contribution in [0.2, 0.25) is 0 Å². The summed E-state index contributed by atoms with van der Waals surface area (Å²) in [7, 11) is 0. The summed E-state index contributed by atoms with van der Waals surface area (Å²) < 4.78 is 0. The van der Waals surface area contributed by atoms with E-state index in [1.807, 2.05) is 24.3 Å². The van der Waals surface area contributed by atoms with Crippen molar-refractivity contribution in [1.82, 2.24) is 9.88 Å². The lowest BCUT2D eigenvalue weighted by molar-refractivity contribution is 0.0783. The molecule has 0 saturated carbocycles. The molecule has 4 nitrogen and oxygen atoms in total. The molecule has 2 atom stereocenters. The van der Waals surface area contributed by atoms with Gasteiger partial charge in [-0.3, -0.25) is 9.78 Å². The lowest BCUT2D eigenvalue weighted by Gasteiger charge is -2.16. The van der Waals surface area contributed by atoms with E-state index < -0.39 is 0 Å². The quantitative estimate of drug-likeness (QED) is 0.900. The van der Waals surface area contributed by atoms with Gasteiger partial charge in [0.05, 0.1) is 0 Å². The number of nitrogens with two attached hydrogens (primary N) is 1. The summed E-state index contributed by atoms with van der Waals surface area (Å²) in [5.74, 6) is 0.156. The highest BCUT2D eigenvalue weighted by Gasteiger charge is 2.34. The van der Waals surface area contributed by atoms with E-state index in [1.165, 1.54) is 5.56 Å². The van der Waals surface area contributed by atoms with Gasteiger partial charge < -0.3 is 10.6 Å². The van der Waals surface area contributed by atoms with Crippen molar-refractivity contribution in [2.45, 2.75) is 12.0 Å². The molecule has 1 saturated heterocycles. The second-order valence-electron chi connectivity index (χ2n) is 5.11. The van der Waals surface area contributed by atoms with E-state index in [4.69, 9.17) is 5.73 Å². The zero-order chi connectivity index (χ0) is 13.9. The number of hydrogen-bond donors (Lipinski definition) is 1. The van der Waals surface area contributed by atoms with Gasteiger partial charge in [-0.1, -0.05) is 36.4 Å². The summed E-state index contributed by atoms with van der Waals surface area (Å²) in [6.07, 6.45) is 1.64. The molecule has 1 aromatic heterocycles. The third kappa shape index (κ3) is 2.42. The number of hydrogen-bond acceptors (Lipinski definition) is 3. The monoisotopic (exact) mass is 267 g/mol. The number of pyridine rings is 1. The van der Waals surface area contributed by atoms with Crippen molar-refractivity contribution < 1.29 is 4.79 Å². The van der Waals surface area contributed by atoms with E-state index in [0.717, 1.165) is 0 Å². The van der Waals surface area contributed by atoms with Gasteiger partial charge in [0.2, 0.25) is 0 Å². The van der Waals surface area contributed by atoms with E-state index in [0.29, 0.717) is 18.8 Å². The van der Waals surface area contributed by atoms with Crippen molar-refractivity contribution in [3.8, 4) is 0 Å². The Morgan fingerprint density at radius 1 is 1.10 bits per heavy atom. The second-order valence-corrected chi connectivity index (χ2v) is 5.11. The molecule has 2 heterocycles. The molecule has 20 heavy (non-hydrogen) atoms. The zero-order valence-electron chi connectivity index (χ0n) is 11.1. The minimum absolute atomic E-state index is 0.0231. The van der Waals surface area contributed by atoms with Gasteiger partial charge in [-0.15, -0.1) is 0 Å². The fourth-order valence-electron chi connectivity index (χ4n) is 2.70. The number of carbonyl (C=O) groups excluding carboxylic acids is 1. The predicted molar refractivity (Wildman–Crippen MR) is 77.3 cm³/mol. The van der Waals surface area contributed by atoms with E-state index in [-0.39, 0.29) is 17.9 Å². The average molecular weight is 267 g/mol. The van der Waals surface area contributed by atoms with Crippen LogP contribution in [-0.4, -0.2) is 34.9 Å². The van der Waals surface area contributed by atoms with Gasteiger partial charge in [0, 0.05) is 31.2 Å². The summed E-state index contributed by atoms with van der Waals surface area (Å²) in [6.45, 7) is 1.23. The average Bonchev–Trinajstić information content (AvgIpc) is 2.90.